The smallest absolute Gasteiger partial charge is 0.233 e. The van der Waals surface area contributed by atoms with Gasteiger partial charge in [0.25, 0.3) is 0 Å². The van der Waals surface area contributed by atoms with Crippen LogP contribution in [-0.2, 0) is 18.3 Å². The van der Waals surface area contributed by atoms with Crippen molar-refractivity contribution >= 4 is 35.0 Å². The molecule has 0 aromatic carbocycles. The van der Waals surface area contributed by atoms with Gasteiger partial charge in [-0.15, -0.1) is 21.5 Å². The first-order chi connectivity index (χ1) is 9.58. The number of rotatable bonds is 6. The van der Waals surface area contributed by atoms with Crippen molar-refractivity contribution in [3.63, 3.8) is 0 Å². The molecule has 0 fully saturated rings. The van der Waals surface area contributed by atoms with Crippen molar-refractivity contribution in [1.29, 1.82) is 0 Å². The Morgan fingerprint density at radius 1 is 1.60 bits per heavy atom. The number of nitrogens with zero attached hydrogens (tertiary/aromatic N) is 3. The van der Waals surface area contributed by atoms with E-state index in [0.29, 0.717) is 17.6 Å². The first-order valence-electron chi connectivity index (χ1n) is 6.19. The number of anilines is 1. The summed E-state index contributed by atoms with van der Waals surface area (Å²) in [5.41, 5.74) is 5.60. The van der Waals surface area contributed by atoms with E-state index >= 15 is 0 Å². The fourth-order valence-electron chi connectivity index (χ4n) is 1.55. The van der Waals surface area contributed by atoms with Gasteiger partial charge in [0.05, 0.1) is 5.25 Å². The summed E-state index contributed by atoms with van der Waals surface area (Å²) in [4.78, 5) is 13.2. The van der Waals surface area contributed by atoms with Crippen molar-refractivity contribution in [3.8, 4) is 0 Å². The van der Waals surface area contributed by atoms with Crippen LogP contribution in [-0.4, -0.2) is 32.5 Å². The van der Waals surface area contributed by atoms with Gasteiger partial charge in [-0.3, -0.25) is 9.36 Å². The minimum Gasteiger partial charge on any atom is -0.368 e. The van der Waals surface area contributed by atoms with E-state index in [2.05, 4.69) is 21.6 Å². The molecule has 8 heteroatoms. The van der Waals surface area contributed by atoms with Crippen molar-refractivity contribution in [2.75, 3.05) is 12.3 Å². The van der Waals surface area contributed by atoms with Crippen LogP contribution in [0.2, 0.25) is 0 Å². The Hall–Kier alpha value is -1.54. The second kappa shape index (κ2) is 6.76. The van der Waals surface area contributed by atoms with Gasteiger partial charge in [-0.25, -0.2) is 0 Å². The second-order valence-corrected chi connectivity index (χ2v) is 6.62. The van der Waals surface area contributed by atoms with Crippen molar-refractivity contribution in [3.05, 3.63) is 22.4 Å². The van der Waals surface area contributed by atoms with Gasteiger partial charge in [0.1, 0.15) is 0 Å². The van der Waals surface area contributed by atoms with Crippen molar-refractivity contribution in [2.24, 2.45) is 7.05 Å². The molecule has 3 N–H and O–H groups in total. The maximum Gasteiger partial charge on any atom is 0.233 e. The Kier molecular flexibility index (Phi) is 5.02. The van der Waals surface area contributed by atoms with E-state index < -0.39 is 0 Å². The number of nitrogen functional groups attached to an aromatic ring is 1. The number of thioether (sulfide) groups is 1. The van der Waals surface area contributed by atoms with Crippen molar-refractivity contribution < 1.29 is 4.79 Å². The van der Waals surface area contributed by atoms with E-state index in [9.17, 15) is 4.79 Å². The molecule has 2 heterocycles. The van der Waals surface area contributed by atoms with E-state index in [4.69, 9.17) is 5.73 Å². The van der Waals surface area contributed by atoms with Gasteiger partial charge in [-0.1, -0.05) is 17.8 Å². The first-order valence-corrected chi connectivity index (χ1v) is 7.95. The third kappa shape index (κ3) is 3.73. The van der Waals surface area contributed by atoms with Crippen LogP contribution >= 0.6 is 23.1 Å². The number of carbonyl (C=O) groups excluding carboxylic acids is 1. The minimum absolute atomic E-state index is 0.00636. The van der Waals surface area contributed by atoms with Crippen LogP contribution < -0.4 is 11.1 Å². The van der Waals surface area contributed by atoms with Crippen LogP contribution in [0, 0.1) is 0 Å². The zero-order valence-corrected chi connectivity index (χ0v) is 13.0. The summed E-state index contributed by atoms with van der Waals surface area (Å²) < 4.78 is 1.67. The standard InChI is InChI=1S/C12H17N5OS2/c1-8(20-12-16-15-11(13)17(12)2)10(18)14-6-5-9-4-3-7-19-9/h3-4,7-8H,5-6H2,1-2H3,(H2,13,15)(H,14,18). The van der Waals surface area contributed by atoms with Crippen LogP contribution in [0.5, 0.6) is 0 Å². The van der Waals surface area contributed by atoms with Gasteiger partial charge in [0, 0.05) is 18.5 Å². The first kappa shape index (κ1) is 14.9. The van der Waals surface area contributed by atoms with E-state index in [1.165, 1.54) is 16.6 Å². The summed E-state index contributed by atoms with van der Waals surface area (Å²) in [6.07, 6.45) is 0.859. The normalized spacial score (nSPS) is 12.3. The highest BCUT2D eigenvalue weighted by atomic mass is 32.2. The van der Waals surface area contributed by atoms with Gasteiger partial charge in [-0.05, 0) is 24.8 Å². The zero-order valence-electron chi connectivity index (χ0n) is 11.4. The van der Waals surface area contributed by atoms with Crippen LogP contribution in [0.1, 0.15) is 11.8 Å². The molecule has 0 spiro atoms. The van der Waals surface area contributed by atoms with Gasteiger partial charge < -0.3 is 11.1 Å². The van der Waals surface area contributed by atoms with Gasteiger partial charge in [-0.2, -0.15) is 0 Å². The number of aromatic nitrogens is 3. The molecule has 20 heavy (non-hydrogen) atoms. The number of hydrogen-bond acceptors (Lipinski definition) is 6. The Morgan fingerprint density at radius 3 is 3.00 bits per heavy atom. The van der Waals surface area contributed by atoms with Crippen LogP contribution in [0.25, 0.3) is 0 Å². The Bertz CT molecular complexity index is 566. The van der Waals surface area contributed by atoms with E-state index in [1.807, 2.05) is 18.4 Å². The minimum atomic E-state index is -0.236. The topological polar surface area (TPSA) is 85.8 Å². The Morgan fingerprint density at radius 2 is 2.40 bits per heavy atom. The van der Waals surface area contributed by atoms with E-state index in [0.717, 1.165) is 6.42 Å². The predicted octanol–water partition coefficient (Wildman–Crippen LogP) is 1.30. The molecule has 1 unspecified atom stereocenters. The van der Waals surface area contributed by atoms with Gasteiger partial charge >= 0.3 is 0 Å². The van der Waals surface area contributed by atoms with Crippen LogP contribution in [0.15, 0.2) is 22.7 Å². The summed E-state index contributed by atoms with van der Waals surface area (Å²) >= 11 is 3.05. The summed E-state index contributed by atoms with van der Waals surface area (Å²) in [6.45, 7) is 2.49. The average molecular weight is 311 g/mol. The molecule has 0 saturated carbocycles. The quantitative estimate of drug-likeness (QED) is 0.785. The average Bonchev–Trinajstić information content (AvgIpc) is 3.04. The number of carbonyl (C=O) groups is 1. The molecule has 0 aliphatic carbocycles. The zero-order chi connectivity index (χ0) is 14.5. The monoisotopic (exact) mass is 311 g/mol. The van der Waals surface area contributed by atoms with E-state index in [-0.39, 0.29) is 11.2 Å². The maximum atomic E-state index is 12.0. The highest BCUT2D eigenvalue weighted by Crippen LogP contribution is 2.21. The third-order valence-corrected chi connectivity index (χ3v) is 4.84. The second-order valence-electron chi connectivity index (χ2n) is 4.28. The molecule has 0 bridgehead atoms. The summed E-state index contributed by atoms with van der Waals surface area (Å²) in [5.74, 6) is 0.339. The number of hydrogen-bond donors (Lipinski definition) is 2. The molecule has 2 rings (SSSR count). The highest BCUT2D eigenvalue weighted by Gasteiger charge is 2.17. The number of nitrogens with two attached hydrogens (primary N) is 1. The fraction of sp³-hybridized carbons (Fsp3) is 0.417. The third-order valence-electron chi connectivity index (χ3n) is 2.77. The van der Waals surface area contributed by atoms with Crippen LogP contribution in [0.4, 0.5) is 5.95 Å². The van der Waals surface area contributed by atoms with Gasteiger partial charge in [0.2, 0.25) is 11.9 Å². The largest absolute Gasteiger partial charge is 0.368 e. The molecule has 0 saturated heterocycles. The lowest BCUT2D eigenvalue weighted by Gasteiger charge is -2.11. The predicted molar refractivity (Wildman–Crippen MR) is 81.8 cm³/mol. The molecule has 0 aliphatic heterocycles. The Labute approximate surface area is 125 Å². The Balaban J connectivity index is 1.78. The lowest BCUT2D eigenvalue weighted by molar-refractivity contribution is -0.120. The molecule has 1 atom stereocenters. The van der Waals surface area contributed by atoms with Crippen LogP contribution in [0.3, 0.4) is 0 Å². The van der Waals surface area contributed by atoms with Gasteiger partial charge in [0.15, 0.2) is 5.16 Å². The molecule has 1 amide bonds. The molecular weight excluding hydrogens is 294 g/mol. The van der Waals surface area contributed by atoms with E-state index in [1.54, 1.807) is 23.0 Å². The summed E-state index contributed by atoms with van der Waals surface area (Å²) in [6, 6.07) is 4.08. The lowest BCUT2D eigenvalue weighted by Crippen LogP contribution is -2.32. The number of amides is 1. The van der Waals surface area contributed by atoms with Crippen molar-refractivity contribution in [1.82, 2.24) is 20.1 Å². The highest BCUT2D eigenvalue weighted by molar-refractivity contribution is 8.00. The molecule has 6 nitrogen and oxygen atoms in total. The number of nitrogens with one attached hydrogen (secondary N) is 1. The maximum absolute atomic E-state index is 12.0. The van der Waals surface area contributed by atoms with Crippen molar-refractivity contribution in [2.45, 2.75) is 23.8 Å². The molecule has 2 aromatic heterocycles. The molecule has 108 valence electrons. The lowest BCUT2D eigenvalue weighted by atomic mass is 10.3. The number of thiophene rings is 1. The SMILES string of the molecule is CC(Sc1nnc(N)n1C)C(=O)NCCc1cccs1. The molecule has 0 radical (unpaired) electrons. The summed E-state index contributed by atoms with van der Waals surface area (Å²) in [7, 11) is 1.78. The fourth-order valence-corrected chi connectivity index (χ4v) is 3.10. The molecule has 2 aromatic rings. The summed E-state index contributed by atoms with van der Waals surface area (Å²) in [5, 5.41) is 13.1. The molecular formula is C12H17N5OS2. The molecule has 0 aliphatic rings.